The highest BCUT2D eigenvalue weighted by Gasteiger charge is 2.18. The molecule has 0 fully saturated rings. The van der Waals surface area contributed by atoms with Crippen LogP contribution in [0.1, 0.15) is 19.5 Å². The lowest BCUT2D eigenvalue weighted by Gasteiger charge is -2.19. The zero-order chi connectivity index (χ0) is 18.5. The first kappa shape index (κ1) is 17.2. The Kier molecular flexibility index (Phi) is 4.97. The third-order valence-corrected chi connectivity index (χ3v) is 3.81. The second-order valence-electron chi connectivity index (χ2n) is 5.65. The van der Waals surface area contributed by atoms with Crippen molar-refractivity contribution in [2.45, 2.75) is 19.5 Å². The predicted molar refractivity (Wildman–Crippen MR) is 100 cm³/mol. The number of hydrogen-bond acceptors (Lipinski definition) is 7. The third-order valence-electron chi connectivity index (χ3n) is 3.81. The molecule has 9 heteroatoms. The fourth-order valence-electron chi connectivity index (χ4n) is 2.54. The maximum absolute atomic E-state index is 11.3. The molecule has 0 bridgehead atoms. The molecule has 3 rings (SSSR count). The van der Waals surface area contributed by atoms with E-state index in [-0.39, 0.29) is 17.7 Å². The van der Waals surface area contributed by atoms with E-state index in [1.807, 2.05) is 17.7 Å². The van der Waals surface area contributed by atoms with E-state index >= 15 is 0 Å². The van der Waals surface area contributed by atoms with Gasteiger partial charge in [-0.3, -0.25) is 10.1 Å². The van der Waals surface area contributed by atoms with Crippen molar-refractivity contribution in [2.75, 3.05) is 16.4 Å². The normalized spacial score (nSPS) is 11.7. The first-order valence-electron chi connectivity index (χ1n) is 8.09. The molecule has 0 radical (unpaired) electrons. The monoisotopic (exact) mass is 353 g/mol. The Hall–Kier alpha value is -3.62. The molecule has 0 saturated heterocycles. The van der Waals surface area contributed by atoms with Gasteiger partial charge in [-0.15, -0.1) is 0 Å². The van der Waals surface area contributed by atoms with Gasteiger partial charge in [0.15, 0.2) is 0 Å². The summed E-state index contributed by atoms with van der Waals surface area (Å²) in [5.41, 5.74) is 6.82. The van der Waals surface area contributed by atoms with Gasteiger partial charge in [0.05, 0.1) is 11.3 Å². The van der Waals surface area contributed by atoms with E-state index in [1.54, 1.807) is 42.9 Å². The fraction of sp³-hybridized carbons (Fsp3) is 0.176. The summed E-state index contributed by atoms with van der Waals surface area (Å²) in [6.07, 6.45) is 5.97. The highest BCUT2D eigenvalue weighted by molar-refractivity contribution is 5.69. The first-order valence-corrected chi connectivity index (χ1v) is 8.09. The van der Waals surface area contributed by atoms with Crippen LogP contribution in [0.5, 0.6) is 0 Å². The minimum absolute atomic E-state index is 0.0633. The average molecular weight is 353 g/mol. The number of nitro groups is 1. The van der Waals surface area contributed by atoms with Crippen molar-refractivity contribution in [1.29, 1.82) is 0 Å². The second-order valence-corrected chi connectivity index (χ2v) is 5.65. The minimum atomic E-state index is -0.474. The summed E-state index contributed by atoms with van der Waals surface area (Å²) in [5, 5.41) is 17.6. The third kappa shape index (κ3) is 3.89. The van der Waals surface area contributed by atoms with Crippen LogP contribution >= 0.6 is 0 Å². The summed E-state index contributed by atoms with van der Waals surface area (Å²) in [4.78, 5) is 19.3. The van der Waals surface area contributed by atoms with Gasteiger partial charge in [-0.05, 0) is 30.7 Å². The molecular weight excluding hydrogens is 334 g/mol. The van der Waals surface area contributed by atoms with Crippen molar-refractivity contribution >= 4 is 28.7 Å². The van der Waals surface area contributed by atoms with Crippen LogP contribution in [0.25, 0.3) is 0 Å². The Morgan fingerprint density at radius 2 is 2.19 bits per heavy atom. The molecule has 26 heavy (non-hydrogen) atoms. The van der Waals surface area contributed by atoms with Crippen LogP contribution in [0.15, 0.2) is 55.1 Å². The van der Waals surface area contributed by atoms with Crippen molar-refractivity contribution < 1.29 is 4.92 Å². The lowest BCUT2D eigenvalue weighted by atomic mass is 10.2. The van der Waals surface area contributed by atoms with E-state index in [9.17, 15) is 10.1 Å². The lowest BCUT2D eigenvalue weighted by molar-refractivity contribution is -0.384. The molecule has 1 atom stereocenters. The van der Waals surface area contributed by atoms with Gasteiger partial charge in [0.25, 0.3) is 0 Å². The number of rotatable bonds is 7. The van der Waals surface area contributed by atoms with Crippen molar-refractivity contribution in [3.05, 3.63) is 65.2 Å². The zero-order valence-electron chi connectivity index (χ0n) is 14.2. The van der Waals surface area contributed by atoms with E-state index in [0.29, 0.717) is 17.2 Å². The molecule has 0 aliphatic carbocycles. The van der Waals surface area contributed by atoms with Gasteiger partial charge in [0.2, 0.25) is 5.82 Å². The van der Waals surface area contributed by atoms with E-state index < -0.39 is 4.92 Å². The molecular formula is C17H19N7O2. The molecule has 0 spiro atoms. The van der Waals surface area contributed by atoms with E-state index in [4.69, 9.17) is 5.73 Å². The molecule has 4 N–H and O–H groups in total. The van der Waals surface area contributed by atoms with Crippen LogP contribution in [-0.2, 0) is 0 Å². The summed E-state index contributed by atoms with van der Waals surface area (Å²) >= 11 is 0. The molecule has 1 unspecified atom stereocenters. The number of nitrogen functional groups attached to an aromatic ring is 1. The second kappa shape index (κ2) is 7.51. The number of anilines is 4. The summed E-state index contributed by atoms with van der Waals surface area (Å²) < 4.78 is 1.91. The average Bonchev–Trinajstić information content (AvgIpc) is 3.14. The number of aromatic nitrogens is 3. The molecule has 0 aliphatic rings. The molecule has 0 aliphatic heterocycles. The highest BCUT2D eigenvalue weighted by Crippen LogP contribution is 2.29. The molecule has 3 aromatic rings. The van der Waals surface area contributed by atoms with Crippen molar-refractivity contribution in [2.24, 2.45) is 0 Å². The van der Waals surface area contributed by atoms with Gasteiger partial charge in [-0.1, -0.05) is 13.0 Å². The van der Waals surface area contributed by atoms with Crippen LogP contribution in [0.3, 0.4) is 0 Å². The van der Waals surface area contributed by atoms with Crippen LogP contribution in [0.4, 0.5) is 28.7 Å². The summed E-state index contributed by atoms with van der Waals surface area (Å²) in [5.74, 6) is 0.661. The van der Waals surface area contributed by atoms with Gasteiger partial charge >= 0.3 is 5.69 Å². The van der Waals surface area contributed by atoms with Crippen LogP contribution in [0.2, 0.25) is 0 Å². The summed E-state index contributed by atoms with van der Waals surface area (Å²) in [7, 11) is 0. The van der Waals surface area contributed by atoms with Crippen molar-refractivity contribution in [1.82, 2.24) is 14.5 Å². The number of hydrogen-bond donors (Lipinski definition) is 3. The number of nitrogens with zero attached hydrogens (tertiary/aromatic N) is 4. The molecule has 2 heterocycles. The summed E-state index contributed by atoms with van der Waals surface area (Å²) in [6.45, 7) is 2.02. The Bertz CT molecular complexity index is 896. The maximum atomic E-state index is 11.3. The molecule has 0 amide bonds. The Morgan fingerprint density at radius 1 is 1.35 bits per heavy atom. The van der Waals surface area contributed by atoms with Gasteiger partial charge in [0, 0.05) is 29.8 Å². The van der Waals surface area contributed by atoms with Crippen LogP contribution < -0.4 is 16.4 Å². The van der Waals surface area contributed by atoms with E-state index in [2.05, 4.69) is 20.6 Å². The topological polar surface area (TPSA) is 124 Å². The van der Waals surface area contributed by atoms with E-state index in [1.165, 1.54) is 6.07 Å². The van der Waals surface area contributed by atoms with E-state index in [0.717, 1.165) is 6.42 Å². The molecule has 0 saturated carbocycles. The smallest absolute Gasteiger partial charge is 0.311 e. The zero-order valence-corrected chi connectivity index (χ0v) is 14.2. The number of benzene rings is 1. The lowest BCUT2D eigenvalue weighted by Crippen LogP contribution is -2.17. The number of nitrogens with two attached hydrogens (primary N) is 1. The first-order chi connectivity index (χ1) is 12.6. The fourth-order valence-corrected chi connectivity index (χ4v) is 2.54. The largest absolute Gasteiger partial charge is 0.399 e. The van der Waals surface area contributed by atoms with Crippen LogP contribution in [-0.4, -0.2) is 19.5 Å². The number of nitrogens with one attached hydrogen (secondary N) is 2. The van der Waals surface area contributed by atoms with Gasteiger partial charge < -0.3 is 20.9 Å². The predicted octanol–water partition coefficient (Wildman–Crippen LogP) is 3.53. The van der Waals surface area contributed by atoms with Gasteiger partial charge in [-0.25, -0.2) is 9.97 Å². The maximum Gasteiger partial charge on any atom is 0.311 e. The SMILES string of the molecule is CCC(Nc1ccc([N+](=O)[O-])c(Nc2cccc(N)c2)n1)n1ccnc1. The van der Waals surface area contributed by atoms with Gasteiger partial charge in [0.1, 0.15) is 12.0 Å². The molecule has 1 aromatic carbocycles. The number of imidazole rings is 1. The summed E-state index contributed by atoms with van der Waals surface area (Å²) in [6, 6.07) is 9.96. The number of pyridine rings is 1. The Labute approximate surface area is 150 Å². The molecule has 9 nitrogen and oxygen atoms in total. The van der Waals surface area contributed by atoms with Crippen molar-refractivity contribution in [3.8, 4) is 0 Å². The van der Waals surface area contributed by atoms with Crippen LogP contribution in [0, 0.1) is 10.1 Å². The Morgan fingerprint density at radius 3 is 2.85 bits per heavy atom. The van der Waals surface area contributed by atoms with Crippen molar-refractivity contribution in [3.63, 3.8) is 0 Å². The quantitative estimate of drug-likeness (QED) is 0.337. The van der Waals surface area contributed by atoms with Gasteiger partial charge in [-0.2, -0.15) is 0 Å². The molecule has 134 valence electrons. The Balaban J connectivity index is 1.89. The molecule has 2 aromatic heterocycles. The minimum Gasteiger partial charge on any atom is -0.399 e. The standard InChI is InChI=1S/C17H19N7O2/c1-2-16(23-9-8-19-11-23)21-15-7-6-14(24(25)26)17(22-15)20-13-5-3-4-12(18)10-13/h3-11,16H,2,18H2,1H3,(H2,20,21,22). The highest BCUT2D eigenvalue weighted by atomic mass is 16.6.